The molecule has 2 aromatic heterocycles. The fourth-order valence-electron chi connectivity index (χ4n) is 1.73. The molecular formula is C11H7N3O. The second kappa shape index (κ2) is 2.88. The lowest BCUT2D eigenvalue weighted by atomic mass is 10.1. The fourth-order valence-corrected chi connectivity index (χ4v) is 1.73. The first-order valence-electron chi connectivity index (χ1n) is 4.59. The Balaban J connectivity index is 2.70. The molecule has 4 heteroatoms. The zero-order valence-corrected chi connectivity index (χ0v) is 7.77. The van der Waals surface area contributed by atoms with E-state index < -0.39 is 0 Å². The van der Waals surface area contributed by atoms with Crippen molar-refractivity contribution in [1.82, 2.24) is 15.2 Å². The van der Waals surface area contributed by atoms with Gasteiger partial charge >= 0.3 is 0 Å². The fraction of sp³-hybridized carbons (Fsp3) is 0. The molecule has 2 heterocycles. The van der Waals surface area contributed by atoms with Crippen molar-refractivity contribution in [3.8, 4) is 0 Å². The van der Waals surface area contributed by atoms with E-state index in [1.54, 1.807) is 12.3 Å². The number of hydrogen-bond acceptors (Lipinski definition) is 3. The predicted molar refractivity (Wildman–Crippen MR) is 57.7 cm³/mol. The Morgan fingerprint density at radius 3 is 2.67 bits per heavy atom. The maximum absolute atomic E-state index is 11.7. The Morgan fingerprint density at radius 1 is 1.00 bits per heavy atom. The van der Waals surface area contributed by atoms with Gasteiger partial charge in [-0.2, -0.15) is 5.10 Å². The summed E-state index contributed by atoms with van der Waals surface area (Å²) >= 11 is 0. The molecule has 0 unspecified atom stereocenters. The van der Waals surface area contributed by atoms with Crippen LogP contribution in [0, 0.1) is 0 Å². The Labute approximate surface area is 84.6 Å². The summed E-state index contributed by atoms with van der Waals surface area (Å²) in [6, 6.07) is 9.31. The van der Waals surface area contributed by atoms with Crippen molar-refractivity contribution in [3.05, 3.63) is 46.9 Å². The maximum atomic E-state index is 11.7. The zero-order chi connectivity index (χ0) is 10.3. The summed E-state index contributed by atoms with van der Waals surface area (Å²) in [4.78, 5) is 14.4. The van der Waals surface area contributed by atoms with E-state index in [9.17, 15) is 4.79 Å². The average molecular weight is 197 g/mol. The van der Waals surface area contributed by atoms with E-state index in [1.165, 1.54) is 0 Å². The number of nitrogens with zero attached hydrogens (tertiary/aromatic N) is 2. The van der Waals surface area contributed by atoms with E-state index >= 15 is 0 Å². The molecule has 0 saturated carbocycles. The molecule has 1 aromatic carbocycles. The average Bonchev–Trinajstić information content (AvgIpc) is 2.30. The van der Waals surface area contributed by atoms with Crippen molar-refractivity contribution < 1.29 is 0 Å². The summed E-state index contributed by atoms with van der Waals surface area (Å²) in [7, 11) is 0. The van der Waals surface area contributed by atoms with Gasteiger partial charge < -0.3 is 4.98 Å². The minimum atomic E-state index is -0.126. The molecule has 0 bridgehead atoms. The van der Waals surface area contributed by atoms with Crippen LogP contribution in [0.4, 0.5) is 0 Å². The van der Waals surface area contributed by atoms with Gasteiger partial charge in [0.1, 0.15) is 0 Å². The number of benzene rings is 1. The normalized spacial score (nSPS) is 10.9. The zero-order valence-electron chi connectivity index (χ0n) is 7.77. The molecule has 0 atom stereocenters. The van der Waals surface area contributed by atoms with Gasteiger partial charge in [-0.3, -0.25) is 4.79 Å². The maximum Gasteiger partial charge on any atom is 0.257 e. The van der Waals surface area contributed by atoms with Crippen LogP contribution in [-0.2, 0) is 0 Å². The molecule has 72 valence electrons. The van der Waals surface area contributed by atoms with Crippen LogP contribution in [0.5, 0.6) is 0 Å². The quantitative estimate of drug-likeness (QED) is 0.555. The molecule has 0 aliphatic rings. The van der Waals surface area contributed by atoms with Gasteiger partial charge in [0.25, 0.3) is 5.56 Å². The van der Waals surface area contributed by atoms with E-state index in [0.717, 1.165) is 10.8 Å². The van der Waals surface area contributed by atoms with Gasteiger partial charge in [-0.1, -0.05) is 18.2 Å². The van der Waals surface area contributed by atoms with E-state index in [2.05, 4.69) is 15.2 Å². The number of pyridine rings is 1. The van der Waals surface area contributed by atoms with Gasteiger partial charge in [-0.25, -0.2) is 0 Å². The molecule has 0 fully saturated rings. The van der Waals surface area contributed by atoms with Crippen molar-refractivity contribution in [3.63, 3.8) is 0 Å². The summed E-state index contributed by atoms with van der Waals surface area (Å²) in [5.41, 5.74) is 0.403. The third-order valence-electron chi connectivity index (χ3n) is 2.41. The van der Waals surface area contributed by atoms with Crippen molar-refractivity contribution >= 4 is 21.8 Å². The molecule has 4 nitrogen and oxygen atoms in total. The summed E-state index contributed by atoms with van der Waals surface area (Å²) in [5, 5.41) is 10.1. The highest BCUT2D eigenvalue weighted by Gasteiger charge is 2.03. The van der Waals surface area contributed by atoms with Crippen LogP contribution in [-0.4, -0.2) is 15.2 Å². The van der Waals surface area contributed by atoms with Gasteiger partial charge in [0.2, 0.25) is 0 Å². The van der Waals surface area contributed by atoms with Crippen LogP contribution in [0.3, 0.4) is 0 Å². The van der Waals surface area contributed by atoms with Gasteiger partial charge in [0.15, 0.2) is 5.65 Å². The molecule has 0 aliphatic heterocycles. The molecule has 1 N–H and O–H groups in total. The van der Waals surface area contributed by atoms with Gasteiger partial charge in [0, 0.05) is 10.8 Å². The monoisotopic (exact) mass is 197 g/mol. The molecule has 3 aromatic rings. The third kappa shape index (κ3) is 1.11. The van der Waals surface area contributed by atoms with Crippen LogP contribution in [0.1, 0.15) is 0 Å². The van der Waals surface area contributed by atoms with E-state index in [-0.39, 0.29) is 5.56 Å². The second-order valence-corrected chi connectivity index (χ2v) is 3.29. The molecular weight excluding hydrogens is 190 g/mol. The Morgan fingerprint density at radius 2 is 1.80 bits per heavy atom. The smallest absolute Gasteiger partial charge is 0.257 e. The second-order valence-electron chi connectivity index (χ2n) is 3.29. The first-order chi connectivity index (χ1) is 7.36. The highest BCUT2D eigenvalue weighted by molar-refractivity contribution is 6.03. The topological polar surface area (TPSA) is 58.6 Å². The number of aromatic amines is 1. The van der Waals surface area contributed by atoms with Crippen molar-refractivity contribution in [1.29, 1.82) is 0 Å². The summed E-state index contributed by atoms with van der Waals surface area (Å²) < 4.78 is 0. The predicted octanol–water partition coefficient (Wildman–Crippen LogP) is 1.47. The molecule has 0 aliphatic carbocycles. The number of nitrogens with one attached hydrogen (secondary N) is 1. The van der Waals surface area contributed by atoms with Crippen LogP contribution in [0.2, 0.25) is 0 Å². The first kappa shape index (κ1) is 8.11. The van der Waals surface area contributed by atoms with Crippen LogP contribution in [0.25, 0.3) is 21.8 Å². The molecule has 0 spiro atoms. The Hall–Kier alpha value is -2.23. The first-order valence-corrected chi connectivity index (χ1v) is 4.59. The third-order valence-corrected chi connectivity index (χ3v) is 2.41. The van der Waals surface area contributed by atoms with Crippen LogP contribution in [0.15, 0.2) is 41.3 Å². The van der Waals surface area contributed by atoms with Gasteiger partial charge in [0.05, 0.1) is 6.20 Å². The lowest BCUT2D eigenvalue weighted by Gasteiger charge is -2.00. The largest absolute Gasteiger partial charge is 0.305 e. The van der Waals surface area contributed by atoms with Crippen molar-refractivity contribution in [2.45, 2.75) is 0 Å². The molecule has 0 saturated heterocycles. The molecule has 0 amide bonds. The van der Waals surface area contributed by atoms with E-state index in [0.29, 0.717) is 11.0 Å². The summed E-state index contributed by atoms with van der Waals surface area (Å²) in [6.07, 6.45) is 1.62. The van der Waals surface area contributed by atoms with Gasteiger partial charge in [-0.15, -0.1) is 5.10 Å². The molecule has 0 radical (unpaired) electrons. The van der Waals surface area contributed by atoms with Crippen molar-refractivity contribution in [2.24, 2.45) is 0 Å². The number of H-pyrrole nitrogens is 1. The van der Waals surface area contributed by atoms with Crippen molar-refractivity contribution in [2.75, 3.05) is 0 Å². The van der Waals surface area contributed by atoms with Crippen LogP contribution < -0.4 is 5.56 Å². The van der Waals surface area contributed by atoms with Crippen LogP contribution >= 0.6 is 0 Å². The minimum absolute atomic E-state index is 0.126. The minimum Gasteiger partial charge on any atom is -0.305 e. The van der Waals surface area contributed by atoms with E-state index in [1.807, 2.05) is 24.3 Å². The van der Waals surface area contributed by atoms with E-state index in [4.69, 9.17) is 0 Å². The molecule has 3 rings (SSSR count). The lowest BCUT2D eigenvalue weighted by Crippen LogP contribution is -2.07. The summed E-state index contributed by atoms with van der Waals surface area (Å²) in [5.74, 6) is 0. The number of rotatable bonds is 0. The summed E-state index contributed by atoms with van der Waals surface area (Å²) in [6.45, 7) is 0. The Kier molecular flexibility index (Phi) is 1.56. The number of hydrogen-bond donors (Lipinski definition) is 1. The highest BCUT2D eigenvalue weighted by atomic mass is 16.1. The van der Waals surface area contributed by atoms with Gasteiger partial charge in [-0.05, 0) is 17.5 Å². The number of fused-ring (bicyclic) bond motifs is 3. The highest BCUT2D eigenvalue weighted by Crippen LogP contribution is 2.17. The number of aromatic nitrogens is 3. The standard InChI is InChI=1S/C11H7N3O/c15-11-9-4-2-1-3-7(9)8-5-6-12-14-10(8)13-11/h1-6H,(H,13,14,15). The Bertz CT molecular complexity index is 703. The molecule has 15 heavy (non-hydrogen) atoms. The SMILES string of the molecule is O=c1[nH]c2nnccc2c2ccccc12. The lowest BCUT2D eigenvalue weighted by molar-refractivity contribution is 1.05.